The van der Waals surface area contributed by atoms with Gasteiger partial charge in [-0.25, -0.2) is 4.79 Å². The summed E-state index contributed by atoms with van der Waals surface area (Å²) in [5.74, 6) is -0.789. The number of pyridine rings is 1. The molecule has 0 bridgehead atoms. The van der Waals surface area contributed by atoms with E-state index in [-0.39, 0.29) is 0 Å². The molecule has 0 fully saturated rings. The lowest BCUT2D eigenvalue weighted by Gasteiger charge is -2.23. The van der Waals surface area contributed by atoms with E-state index < -0.39 is 12.0 Å². The average molecular weight is 178 g/mol. The molecule has 0 spiro atoms. The first-order chi connectivity index (χ1) is 6.27. The summed E-state index contributed by atoms with van der Waals surface area (Å²) in [6.07, 6.45) is 4.86. The summed E-state index contributed by atoms with van der Waals surface area (Å²) in [7, 11) is 0. The quantitative estimate of drug-likeness (QED) is 0.670. The molecule has 0 aliphatic carbocycles. The lowest BCUT2D eigenvalue weighted by molar-refractivity contribution is -0.138. The molecule has 0 radical (unpaired) electrons. The molecular formula is C9H10N2O2. The van der Waals surface area contributed by atoms with E-state index >= 15 is 0 Å². The number of fused-ring (bicyclic) bond motifs is 1. The zero-order chi connectivity index (χ0) is 9.26. The number of nitrogens with zero attached hydrogens (tertiary/aromatic N) is 1. The molecule has 2 N–H and O–H groups in total. The van der Waals surface area contributed by atoms with Gasteiger partial charge in [-0.3, -0.25) is 4.98 Å². The van der Waals surface area contributed by atoms with Crippen molar-refractivity contribution in [3.05, 3.63) is 24.0 Å². The van der Waals surface area contributed by atoms with Gasteiger partial charge in [0.1, 0.15) is 6.04 Å². The van der Waals surface area contributed by atoms with Crippen LogP contribution in [0.4, 0.5) is 5.69 Å². The number of carboxylic acids is 1. The van der Waals surface area contributed by atoms with E-state index in [1.54, 1.807) is 12.4 Å². The van der Waals surface area contributed by atoms with E-state index in [4.69, 9.17) is 5.11 Å². The van der Waals surface area contributed by atoms with Crippen LogP contribution in [0.1, 0.15) is 12.0 Å². The van der Waals surface area contributed by atoms with E-state index in [2.05, 4.69) is 10.3 Å². The van der Waals surface area contributed by atoms with Gasteiger partial charge in [-0.1, -0.05) is 0 Å². The number of aryl methyl sites for hydroxylation is 1. The highest BCUT2D eigenvalue weighted by atomic mass is 16.4. The Hall–Kier alpha value is -1.58. The van der Waals surface area contributed by atoms with E-state index in [0.717, 1.165) is 17.7 Å². The molecule has 1 aliphatic rings. The van der Waals surface area contributed by atoms with E-state index in [9.17, 15) is 4.79 Å². The van der Waals surface area contributed by atoms with Gasteiger partial charge in [-0.15, -0.1) is 0 Å². The van der Waals surface area contributed by atoms with Gasteiger partial charge >= 0.3 is 5.97 Å². The maximum absolute atomic E-state index is 10.7. The second kappa shape index (κ2) is 3.05. The molecular weight excluding hydrogens is 168 g/mol. The van der Waals surface area contributed by atoms with Crippen LogP contribution in [-0.2, 0) is 11.2 Å². The maximum Gasteiger partial charge on any atom is 0.326 e. The van der Waals surface area contributed by atoms with Crippen molar-refractivity contribution < 1.29 is 9.90 Å². The average Bonchev–Trinajstić information content (AvgIpc) is 2.17. The fourth-order valence-electron chi connectivity index (χ4n) is 1.51. The Morgan fingerprint density at radius 2 is 2.54 bits per heavy atom. The number of hydrogen-bond donors (Lipinski definition) is 2. The van der Waals surface area contributed by atoms with Crippen LogP contribution in [-0.4, -0.2) is 22.1 Å². The van der Waals surface area contributed by atoms with Crippen LogP contribution in [0.25, 0.3) is 0 Å². The van der Waals surface area contributed by atoms with Gasteiger partial charge in [0.15, 0.2) is 0 Å². The van der Waals surface area contributed by atoms with Crippen molar-refractivity contribution in [3.8, 4) is 0 Å². The second-order valence-electron chi connectivity index (χ2n) is 3.11. The summed E-state index contributed by atoms with van der Waals surface area (Å²) in [5.41, 5.74) is 1.99. The molecule has 0 amide bonds. The summed E-state index contributed by atoms with van der Waals surface area (Å²) in [6.45, 7) is 0. The third-order valence-electron chi connectivity index (χ3n) is 2.23. The van der Waals surface area contributed by atoms with Crippen LogP contribution < -0.4 is 5.32 Å². The number of aromatic nitrogens is 1. The molecule has 0 saturated heterocycles. The molecule has 2 rings (SSSR count). The normalized spacial score (nSPS) is 20.2. The number of nitrogens with one attached hydrogen (secondary N) is 1. The number of aliphatic carboxylic acids is 1. The third kappa shape index (κ3) is 1.47. The molecule has 13 heavy (non-hydrogen) atoms. The van der Waals surface area contributed by atoms with Crippen molar-refractivity contribution in [2.45, 2.75) is 18.9 Å². The molecule has 2 heterocycles. The Kier molecular flexibility index (Phi) is 1.88. The number of rotatable bonds is 1. The topological polar surface area (TPSA) is 62.2 Å². The number of carbonyl (C=O) groups is 1. The number of carboxylic acid groups (broad SMARTS) is 1. The minimum atomic E-state index is -0.789. The first-order valence-electron chi connectivity index (χ1n) is 4.19. The third-order valence-corrected chi connectivity index (χ3v) is 2.23. The fraction of sp³-hybridized carbons (Fsp3) is 0.333. The summed E-state index contributed by atoms with van der Waals surface area (Å²) in [6, 6.07) is 1.36. The molecule has 1 aromatic heterocycles. The van der Waals surface area contributed by atoms with Crippen molar-refractivity contribution in [1.29, 1.82) is 0 Å². The molecule has 0 saturated carbocycles. The molecule has 68 valence electrons. The first kappa shape index (κ1) is 8.04. The second-order valence-corrected chi connectivity index (χ2v) is 3.11. The largest absolute Gasteiger partial charge is 0.480 e. The van der Waals surface area contributed by atoms with E-state index in [1.165, 1.54) is 0 Å². The standard InChI is InChI=1S/C9H10N2O2/c12-9(13)8-2-1-6-5-10-4-3-7(6)11-8/h3-5,8,11H,1-2H2,(H,12,13). The van der Waals surface area contributed by atoms with Gasteiger partial charge in [0.2, 0.25) is 0 Å². The van der Waals surface area contributed by atoms with Crippen LogP contribution in [0.5, 0.6) is 0 Å². The first-order valence-corrected chi connectivity index (χ1v) is 4.19. The molecule has 4 nitrogen and oxygen atoms in total. The molecule has 1 aromatic rings. The lowest BCUT2D eigenvalue weighted by Crippen LogP contribution is -2.33. The van der Waals surface area contributed by atoms with E-state index in [1.807, 2.05) is 6.07 Å². The lowest BCUT2D eigenvalue weighted by atomic mass is 10.0. The maximum atomic E-state index is 10.7. The van der Waals surface area contributed by atoms with Crippen molar-refractivity contribution in [2.24, 2.45) is 0 Å². The van der Waals surface area contributed by atoms with Crippen molar-refractivity contribution in [1.82, 2.24) is 4.98 Å². The molecule has 1 unspecified atom stereocenters. The predicted octanol–water partition coefficient (Wildman–Crippen LogP) is 0.893. The van der Waals surface area contributed by atoms with Crippen molar-refractivity contribution in [2.75, 3.05) is 5.32 Å². The summed E-state index contributed by atoms with van der Waals surface area (Å²) in [4.78, 5) is 14.7. The number of hydrogen-bond acceptors (Lipinski definition) is 3. The highest BCUT2D eigenvalue weighted by Crippen LogP contribution is 2.23. The molecule has 1 atom stereocenters. The molecule has 0 aromatic carbocycles. The predicted molar refractivity (Wildman–Crippen MR) is 47.6 cm³/mol. The van der Waals surface area contributed by atoms with Crippen molar-refractivity contribution >= 4 is 11.7 Å². The van der Waals surface area contributed by atoms with E-state index in [0.29, 0.717) is 6.42 Å². The van der Waals surface area contributed by atoms with Gasteiger partial charge in [-0.2, -0.15) is 0 Å². The highest BCUT2D eigenvalue weighted by molar-refractivity contribution is 5.78. The smallest absolute Gasteiger partial charge is 0.326 e. The van der Waals surface area contributed by atoms with Gasteiger partial charge in [-0.05, 0) is 24.5 Å². The summed E-state index contributed by atoms with van der Waals surface area (Å²) >= 11 is 0. The zero-order valence-corrected chi connectivity index (χ0v) is 7.03. The van der Waals surface area contributed by atoms with Gasteiger partial charge in [0.25, 0.3) is 0 Å². The van der Waals surface area contributed by atoms with Gasteiger partial charge in [0, 0.05) is 18.1 Å². The molecule has 4 heteroatoms. The Morgan fingerprint density at radius 3 is 3.31 bits per heavy atom. The fourth-order valence-corrected chi connectivity index (χ4v) is 1.51. The van der Waals surface area contributed by atoms with Crippen molar-refractivity contribution in [3.63, 3.8) is 0 Å². The van der Waals surface area contributed by atoms with Crippen LogP contribution in [0.2, 0.25) is 0 Å². The van der Waals surface area contributed by atoms with Crippen LogP contribution in [0, 0.1) is 0 Å². The number of anilines is 1. The monoisotopic (exact) mass is 178 g/mol. The SMILES string of the molecule is O=C(O)C1CCc2cnccc2N1. The van der Waals surface area contributed by atoms with Gasteiger partial charge < -0.3 is 10.4 Å². The summed E-state index contributed by atoms with van der Waals surface area (Å²) < 4.78 is 0. The molecule has 1 aliphatic heterocycles. The Bertz CT molecular complexity index is 338. The minimum absolute atomic E-state index is 0.449. The van der Waals surface area contributed by atoms with Crippen LogP contribution in [0.15, 0.2) is 18.5 Å². The van der Waals surface area contributed by atoms with Crippen LogP contribution in [0.3, 0.4) is 0 Å². The van der Waals surface area contributed by atoms with Gasteiger partial charge in [0.05, 0.1) is 0 Å². The highest BCUT2D eigenvalue weighted by Gasteiger charge is 2.22. The zero-order valence-electron chi connectivity index (χ0n) is 7.03. The minimum Gasteiger partial charge on any atom is -0.480 e. The Balaban J connectivity index is 2.24. The van der Waals surface area contributed by atoms with Crippen LogP contribution >= 0.6 is 0 Å². The Morgan fingerprint density at radius 1 is 1.69 bits per heavy atom. The summed E-state index contributed by atoms with van der Waals surface area (Å²) in [5, 5.41) is 11.7. The Labute approximate surface area is 75.6 Å².